The lowest BCUT2D eigenvalue weighted by molar-refractivity contribution is 0.188. The highest BCUT2D eigenvalue weighted by molar-refractivity contribution is 4.98. The minimum Gasteiger partial charge on any atom is -0.396 e. The normalized spacial score (nSPS) is 35.7. The second-order valence-corrected chi connectivity index (χ2v) is 4.08. The number of aliphatic hydroxyl groups is 1. The van der Waals surface area contributed by atoms with Crippen LogP contribution in [0.25, 0.3) is 0 Å². The number of unbranched alkanes of at least 4 members (excludes halogenated alkanes) is 2. The van der Waals surface area contributed by atoms with Crippen LogP contribution in [0.3, 0.4) is 0 Å². The molecule has 1 heteroatoms. The first-order valence-corrected chi connectivity index (χ1v) is 4.86. The maximum absolute atomic E-state index is 9.13. The lowest BCUT2D eigenvalue weighted by Crippen LogP contribution is -2.08. The number of hydrogen-bond acceptors (Lipinski definition) is 1. The van der Waals surface area contributed by atoms with E-state index < -0.39 is 0 Å². The molecule has 0 radical (unpaired) electrons. The third kappa shape index (κ3) is 1.96. The van der Waals surface area contributed by atoms with Crippen LogP contribution in [-0.2, 0) is 0 Å². The van der Waals surface area contributed by atoms with Crippen molar-refractivity contribution in [2.75, 3.05) is 6.61 Å². The van der Waals surface area contributed by atoms with Crippen LogP contribution in [0.2, 0.25) is 0 Å². The van der Waals surface area contributed by atoms with Crippen molar-refractivity contribution in [2.45, 2.75) is 46.0 Å². The summed E-state index contributed by atoms with van der Waals surface area (Å²) in [5, 5.41) is 9.13. The lowest BCUT2D eigenvalue weighted by Gasteiger charge is -2.11. The van der Waals surface area contributed by atoms with Gasteiger partial charge in [-0.15, -0.1) is 0 Å². The van der Waals surface area contributed by atoms with E-state index in [1.807, 2.05) is 0 Å². The van der Waals surface area contributed by atoms with E-state index in [9.17, 15) is 0 Å². The zero-order valence-corrected chi connectivity index (χ0v) is 7.77. The molecule has 1 aliphatic carbocycles. The molecule has 11 heavy (non-hydrogen) atoms. The molecule has 1 aliphatic rings. The highest BCUT2D eigenvalue weighted by Gasteiger charge is 2.49. The van der Waals surface area contributed by atoms with E-state index in [1.165, 1.54) is 32.1 Å². The van der Waals surface area contributed by atoms with Gasteiger partial charge in [0, 0.05) is 6.61 Å². The van der Waals surface area contributed by atoms with Crippen molar-refractivity contribution >= 4 is 0 Å². The van der Waals surface area contributed by atoms with Gasteiger partial charge in [-0.1, -0.05) is 33.1 Å². The van der Waals surface area contributed by atoms with Gasteiger partial charge < -0.3 is 5.11 Å². The molecule has 1 rings (SSSR count). The third-order valence-electron chi connectivity index (χ3n) is 3.19. The molecule has 66 valence electrons. The Morgan fingerprint density at radius 3 is 2.45 bits per heavy atom. The fourth-order valence-corrected chi connectivity index (χ4v) is 1.93. The molecule has 0 amide bonds. The molecule has 0 aromatic rings. The van der Waals surface area contributed by atoms with Gasteiger partial charge in [0.25, 0.3) is 0 Å². The standard InChI is InChI=1S/C10H20O/c1-3-4-5-6-10(8-11)7-9(10)2/h9,11H,3-8H2,1-2H3. The Morgan fingerprint density at radius 1 is 1.45 bits per heavy atom. The van der Waals surface area contributed by atoms with E-state index in [4.69, 9.17) is 5.11 Å². The average Bonchev–Trinajstić information content (AvgIpc) is 2.64. The Morgan fingerprint density at radius 2 is 2.09 bits per heavy atom. The predicted octanol–water partition coefficient (Wildman–Crippen LogP) is 2.59. The van der Waals surface area contributed by atoms with Crippen LogP contribution < -0.4 is 0 Å². The predicted molar refractivity (Wildman–Crippen MR) is 47.4 cm³/mol. The van der Waals surface area contributed by atoms with E-state index in [2.05, 4.69) is 13.8 Å². The summed E-state index contributed by atoms with van der Waals surface area (Å²) < 4.78 is 0. The average molecular weight is 156 g/mol. The van der Waals surface area contributed by atoms with Crippen molar-refractivity contribution < 1.29 is 5.11 Å². The number of rotatable bonds is 5. The summed E-state index contributed by atoms with van der Waals surface area (Å²) in [6.45, 7) is 4.89. The van der Waals surface area contributed by atoms with E-state index in [0.717, 1.165) is 5.92 Å². The summed E-state index contributed by atoms with van der Waals surface area (Å²) in [4.78, 5) is 0. The van der Waals surface area contributed by atoms with E-state index in [1.54, 1.807) is 0 Å². The second kappa shape index (κ2) is 3.57. The van der Waals surface area contributed by atoms with Crippen LogP contribution in [0.1, 0.15) is 46.0 Å². The molecule has 0 aliphatic heterocycles. The van der Waals surface area contributed by atoms with Gasteiger partial charge in [0.2, 0.25) is 0 Å². The first-order valence-electron chi connectivity index (χ1n) is 4.86. The molecule has 0 bridgehead atoms. The smallest absolute Gasteiger partial charge is 0.0490 e. The summed E-state index contributed by atoms with van der Waals surface area (Å²) in [7, 11) is 0. The highest BCUT2D eigenvalue weighted by Crippen LogP contribution is 2.55. The SMILES string of the molecule is CCCCCC1(CO)CC1C. The summed E-state index contributed by atoms with van der Waals surface area (Å²) in [6.07, 6.45) is 6.43. The summed E-state index contributed by atoms with van der Waals surface area (Å²) in [5.74, 6) is 0.782. The van der Waals surface area contributed by atoms with Gasteiger partial charge in [-0.3, -0.25) is 0 Å². The van der Waals surface area contributed by atoms with Crippen LogP contribution in [-0.4, -0.2) is 11.7 Å². The zero-order valence-electron chi connectivity index (χ0n) is 7.77. The molecule has 0 spiro atoms. The third-order valence-corrected chi connectivity index (χ3v) is 3.19. The molecular formula is C10H20O. The second-order valence-electron chi connectivity index (χ2n) is 4.08. The highest BCUT2D eigenvalue weighted by atomic mass is 16.3. The molecule has 2 atom stereocenters. The van der Waals surface area contributed by atoms with Crippen molar-refractivity contribution in [3.05, 3.63) is 0 Å². The number of hydrogen-bond donors (Lipinski definition) is 1. The maximum Gasteiger partial charge on any atom is 0.0490 e. The Labute approximate surface area is 69.8 Å². The van der Waals surface area contributed by atoms with E-state index >= 15 is 0 Å². The molecule has 1 N–H and O–H groups in total. The van der Waals surface area contributed by atoms with Crippen LogP contribution >= 0.6 is 0 Å². The lowest BCUT2D eigenvalue weighted by atomic mass is 9.97. The molecule has 0 saturated heterocycles. The van der Waals surface area contributed by atoms with Gasteiger partial charge in [0.1, 0.15) is 0 Å². The first-order chi connectivity index (χ1) is 5.25. The maximum atomic E-state index is 9.13. The van der Waals surface area contributed by atoms with Crippen LogP contribution in [0, 0.1) is 11.3 Å². The molecule has 0 heterocycles. The fourth-order valence-electron chi connectivity index (χ4n) is 1.93. The Balaban J connectivity index is 2.14. The van der Waals surface area contributed by atoms with Crippen molar-refractivity contribution in [2.24, 2.45) is 11.3 Å². The van der Waals surface area contributed by atoms with Crippen molar-refractivity contribution in [1.29, 1.82) is 0 Å². The van der Waals surface area contributed by atoms with Gasteiger partial charge in [-0.25, -0.2) is 0 Å². The van der Waals surface area contributed by atoms with Crippen molar-refractivity contribution in [3.8, 4) is 0 Å². The monoisotopic (exact) mass is 156 g/mol. The minimum atomic E-state index is 0.356. The van der Waals surface area contributed by atoms with E-state index in [-0.39, 0.29) is 0 Å². The Hall–Kier alpha value is -0.0400. The Bertz CT molecular complexity index is 118. The minimum absolute atomic E-state index is 0.356. The summed E-state index contributed by atoms with van der Waals surface area (Å²) in [6, 6.07) is 0. The number of aliphatic hydroxyl groups excluding tert-OH is 1. The van der Waals surface area contributed by atoms with Crippen LogP contribution in [0.4, 0.5) is 0 Å². The summed E-state index contributed by atoms with van der Waals surface area (Å²) >= 11 is 0. The Kier molecular flexibility index (Phi) is 2.94. The molecular weight excluding hydrogens is 136 g/mol. The largest absolute Gasteiger partial charge is 0.396 e. The van der Waals surface area contributed by atoms with Gasteiger partial charge in [-0.2, -0.15) is 0 Å². The molecule has 1 fully saturated rings. The zero-order chi connectivity index (χ0) is 8.32. The first kappa shape index (κ1) is 9.05. The van der Waals surface area contributed by atoms with Crippen molar-refractivity contribution in [3.63, 3.8) is 0 Å². The quantitative estimate of drug-likeness (QED) is 0.607. The molecule has 2 unspecified atom stereocenters. The molecule has 0 aromatic carbocycles. The van der Waals surface area contributed by atoms with Gasteiger partial charge in [0.15, 0.2) is 0 Å². The summed E-state index contributed by atoms with van der Waals surface area (Å²) in [5.41, 5.74) is 0.356. The molecule has 1 saturated carbocycles. The van der Waals surface area contributed by atoms with Crippen LogP contribution in [0.15, 0.2) is 0 Å². The fraction of sp³-hybridized carbons (Fsp3) is 1.00. The van der Waals surface area contributed by atoms with Gasteiger partial charge in [-0.05, 0) is 24.2 Å². The molecule has 1 nitrogen and oxygen atoms in total. The molecule has 0 aromatic heterocycles. The van der Waals surface area contributed by atoms with Crippen molar-refractivity contribution in [1.82, 2.24) is 0 Å². The van der Waals surface area contributed by atoms with Crippen LogP contribution in [0.5, 0.6) is 0 Å². The van der Waals surface area contributed by atoms with Gasteiger partial charge in [0.05, 0.1) is 0 Å². The topological polar surface area (TPSA) is 20.2 Å². The van der Waals surface area contributed by atoms with Gasteiger partial charge >= 0.3 is 0 Å². The van der Waals surface area contributed by atoms with E-state index in [0.29, 0.717) is 12.0 Å².